The van der Waals surface area contributed by atoms with Crippen LogP contribution in [0.5, 0.6) is 0 Å². The van der Waals surface area contributed by atoms with Gasteiger partial charge in [-0.2, -0.15) is 10.4 Å². The number of nitrogens with one attached hydrogen (secondary N) is 2. The van der Waals surface area contributed by atoms with Gasteiger partial charge in [-0.3, -0.25) is 9.59 Å². The highest BCUT2D eigenvalue weighted by Gasteiger charge is 2.28. The van der Waals surface area contributed by atoms with Crippen LogP contribution >= 0.6 is 0 Å². The van der Waals surface area contributed by atoms with Crippen LogP contribution in [0.3, 0.4) is 0 Å². The van der Waals surface area contributed by atoms with E-state index >= 15 is 0 Å². The summed E-state index contributed by atoms with van der Waals surface area (Å²) in [6, 6.07) is 9.65. The van der Waals surface area contributed by atoms with E-state index in [-0.39, 0.29) is 11.5 Å². The number of hydrogen-bond donors (Lipinski definition) is 3. The standard InChI is InChI=1S/C25H29N7O3/c1-16-5-6-18(28-23(33)17-11-22(29-27-14-17)25(2,3)15-26)12-19(16)20-13-21(24(34)31(4)30-20)32-7-9-35-10-8-32/h5-6,11-14,27,29H,7-10H2,1-4H3,(H,28,33)/p+1. The molecule has 1 amide bonds. The molecule has 2 aliphatic heterocycles. The second-order valence-corrected chi connectivity index (χ2v) is 9.15. The number of quaternary nitrogens is 1. The van der Waals surface area contributed by atoms with E-state index in [1.54, 1.807) is 38.6 Å². The number of hydrogen-bond acceptors (Lipinski definition) is 7. The normalized spacial score (nSPS) is 16.0. The first-order valence-electron chi connectivity index (χ1n) is 11.5. The Morgan fingerprint density at radius 2 is 2.03 bits per heavy atom. The number of amides is 1. The van der Waals surface area contributed by atoms with E-state index in [9.17, 15) is 14.9 Å². The van der Waals surface area contributed by atoms with Crippen LogP contribution < -0.4 is 26.6 Å². The quantitative estimate of drug-likeness (QED) is 0.548. The molecular formula is C25H30N7O3+. The fourth-order valence-corrected chi connectivity index (χ4v) is 3.96. The highest BCUT2D eigenvalue weighted by molar-refractivity contribution is 6.06. The van der Waals surface area contributed by atoms with Gasteiger partial charge in [0.1, 0.15) is 11.9 Å². The Morgan fingerprint density at radius 3 is 2.74 bits per heavy atom. The minimum absolute atomic E-state index is 0.158. The smallest absolute Gasteiger partial charge is 0.290 e. The third-order valence-corrected chi connectivity index (χ3v) is 6.18. The van der Waals surface area contributed by atoms with Crippen molar-refractivity contribution in [3.63, 3.8) is 0 Å². The van der Waals surface area contributed by atoms with E-state index in [2.05, 4.69) is 21.9 Å². The van der Waals surface area contributed by atoms with Crippen molar-refractivity contribution in [3.05, 3.63) is 63.7 Å². The van der Waals surface area contributed by atoms with Gasteiger partial charge in [0.25, 0.3) is 11.5 Å². The minimum atomic E-state index is -0.750. The largest absolute Gasteiger partial charge is 0.378 e. The van der Waals surface area contributed by atoms with Gasteiger partial charge in [-0.05, 0) is 50.6 Å². The van der Waals surface area contributed by atoms with Crippen molar-refractivity contribution in [2.45, 2.75) is 20.8 Å². The van der Waals surface area contributed by atoms with Crippen LogP contribution in [-0.4, -0.2) is 42.0 Å². The van der Waals surface area contributed by atoms with Crippen LogP contribution in [0.1, 0.15) is 19.4 Å². The third kappa shape index (κ3) is 5.11. The molecule has 1 aromatic carbocycles. The number of nitriles is 1. The van der Waals surface area contributed by atoms with Crippen molar-refractivity contribution in [2.24, 2.45) is 12.5 Å². The number of nitrogens with two attached hydrogens (primary N) is 1. The molecule has 4 rings (SSSR count). The van der Waals surface area contributed by atoms with Crippen LogP contribution in [0, 0.1) is 23.7 Å². The molecule has 4 N–H and O–H groups in total. The lowest BCUT2D eigenvalue weighted by Gasteiger charge is -2.28. The van der Waals surface area contributed by atoms with Gasteiger partial charge < -0.3 is 15.0 Å². The molecule has 182 valence electrons. The maximum Gasteiger partial charge on any atom is 0.290 e. The van der Waals surface area contributed by atoms with Gasteiger partial charge in [0, 0.05) is 31.4 Å². The SMILES string of the molecule is Cc1ccc(NC(=O)C2=C[NH2+]NC(C(C)(C)C#N)=C2)cc1-c1cc(N2CCOCC2)c(=O)n(C)n1. The molecule has 0 saturated carbocycles. The maximum absolute atomic E-state index is 13.0. The molecule has 1 fully saturated rings. The van der Waals surface area contributed by atoms with Crippen molar-refractivity contribution < 1.29 is 15.0 Å². The Kier molecular flexibility index (Phi) is 6.73. The second kappa shape index (κ2) is 9.74. The third-order valence-electron chi connectivity index (χ3n) is 6.18. The first-order valence-corrected chi connectivity index (χ1v) is 11.5. The fourth-order valence-electron chi connectivity index (χ4n) is 3.96. The Bertz CT molecular complexity index is 1310. The average molecular weight is 477 g/mol. The lowest BCUT2D eigenvalue weighted by molar-refractivity contribution is -0.644. The first-order chi connectivity index (χ1) is 16.7. The number of aromatic nitrogens is 2. The molecule has 35 heavy (non-hydrogen) atoms. The molecule has 1 saturated heterocycles. The summed E-state index contributed by atoms with van der Waals surface area (Å²) < 4.78 is 6.77. The van der Waals surface area contributed by atoms with Gasteiger partial charge in [0.2, 0.25) is 0 Å². The van der Waals surface area contributed by atoms with Gasteiger partial charge in [0.05, 0.1) is 41.7 Å². The first kappa shape index (κ1) is 24.2. The maximum atomic E-state index is 13.0. The molecule has 0 aliphatic carbocycles. The van der Waals surface area contributed by atoms with Crippen molar-refractivity contribution in [2.75, 3.05) is 36.5 Å². The van der Waals surface area contributed by atoms with Gasteiger partial charge >= 0.3 is 0 Å². The molecule has 0 radical (unpaired) electrons. The lowest BCUT2D eigenvalue weighted by Crippen LogP contribution is -2.89. The number of anilines is 2. The van der Waals surface area contributed by atoms with E-state index in [1.807, 2.05) is 36.1 Å². The number of benzene rings is 1. The van der Waals surface area contributed by atoms with Gasteiger partial charge in [0.15, 0.2) is 0 Å². The van der Waals surface area contributed by atoms with Crippen molar-refractivity contribution in [3.8, 4) is 17.3 Å². The molecule has 0 unspecified atom stereocenters. The molecule has 1 aromatic heterocycles. The molecule has 3 heterocycles. The number of carbonyl (C=O) groups excluding carboxylic acids is 1. The van der Waals surface area contributed by atoms with E-state index < -0.39 is 5.41 Å². The zero-order valence-electron chi connectivity index (χ0n) is 20.4. The summed E-state index contributed by atoms with van der Waals surface area (Å²) in [5, 5.41) is 16.8. The van der Waals surface area contributed by atoms with Crippen molar-refractivity contribution in [1.82, 2.24) is 15.2 Å². The Hall–Kier alpha value is -3.94. The topological polar surface area (TPSA) is 129 Å². The lowest BCUT2D eigenvalue weighted by atomic mass is 9.89. The second-order valence-electron chi connectivity index (χ2n) is 9.15. The van der Waals surface area contributed by atoms with E-state index in [0.29, 0.717) is 54.6 Å². The number of ether oxygens (including phenoxy) is 1. The summed E-state index contributed by atoms with van der Waals surface area (Å²) in [4.78, 5) is 27.8. The summed E-state index contributed by atoms with van der Waals surface area (Å²) in [7, 11) is 1.64. The number of nitrogens with zero attached hydrogens (tertiary/aromatic N) is 4. The summed E-state index contributed by atoms with van der Waals surface area (Å²) in [5.74, 6) is -0.286. The zero-order chi connectivity index (χ0) is 25.2. The fraction of sp³-hybridized carbons (Fsp3) is 0.360. The number of rotatable bonds is 5. The van der Waals surface area contributed by atoms with E-state index in [1.165, 1.54) is 4.68 Å². The van der Waals surface area contributed by atoms with E-state index in [4.69, 9.17) is 4.74 Å². The van der Waals surface area contributed by atoms with Gasteiger partial charge in [-0.1, -0.05) is 6.07 Å². The molecule has 10 nitrogen and oxygen atoms in total. The monoisotopic (exact) mass is 476 g/mol. The van der Waals surface area contributed by atoms with Gasteiger partial charge in [-0.15, -0.1) is 0 Å². The number of aryl methyl sites for hydroxylation is 2. The molecule has 2 aromatic rings. The minimum Gasteiger partial charge on any atom is -0.378 e. The Labute approximate surface area is 203 Å². The number of allylic oxidation sites excluding steroid dienone is 1. The predicted molar refractivity (Wildman–Crippen MR) is 132 cm³/mol. The summed E-state index contributed by atoms with van der Waals surface area (Å²) in [6.07, 6.45) is 3.36. The highest BCUT2D eigenvalue weighted by Crippen LogP contribution is 2.28. The van der Waals surface area contributed by atoms with Crippen LogP contribution in [0.15, 0.2) is 52.6 Å². The Balaban J connectivity index is 1.62. The van der Waals surface area contributed by atoms with Crippen LogP contribution in [0.25, 0.3) is 11.3 Å². The zero-order valence-corrected chi connectivity index (χ0v) is 20.4. The molecule has 0 spiro atoms. The molecular weight excluding hydrogens is 446 g/mol. The van der Waals surface area contributed by atoms with E-state index in [0.717, 1.165) is 11.1 Å². The van der Waals surface area contributed by atoms with Crippen molar-refractivity contribution >= 4 is 17.3 Å². The van der Waals surface area contributed by atoms with Crippen LogP contribution in [0.2, 0.25) is 0 Å². The molecule has 10 heteroatoms. The molecule has 0 atom stereocenters. The summed E-state index contributed by atoms with van der Waals surface area (Å²) in [6.45, 7) is 7.99. The average Bonchev–Trinajstić information content (AvgIpc) is 2.87. The Morgan fingerprint density at radius 1 is 1.29 bits per heavy atom. The predicted octanol–water partition coefficient (Wildman–Crippen LogP) is 0.930. The van der Waals surface area contributed by atoms with Crippen LogP contribution in [0.4, 0.5) is 11.4 Å². The molecule has 0 bridgehead atoms. The van der Waals surface area contributed by atoms with Crippen LogP contribution in [-0.2, 0) is 16.6 Å². The number of carbonyl (C=O) groups is 1. The number of morpholine rings is 1. The van der Waals surface area contributed by atoms with Crippen molar-refractivity contribution in [1.29, 1.82) is 5.26 Å². The summed E-state index contributed by atoms with van der Waals surface area (Å²) in [5.41, 5.74) is 8.52. The summed E-state index contributed by atoms with van der Waals surface area (Å²) >= 11 is 0. The molecule has 2 aliphatic rings. The highest BCUT2D eigenvalue weighted by atomic mass is 16.5. The van der Waals surface area contributed by atoms with Gasteiger partial charge in [-0.25, -0.2) is 15.5 Å².